The van der Waals surface area contributed by atoms with Gasteiger partial charge in [-0.1, -0.05) is 11.2 Å². The van der Waals surface area contributed by atoms with Gasteiger partial charge in [-0.2, -0.15) is 4.98 Å². The summed E-state index contributed by atoms with van der Waals surface area (Å²) in [6.45, 7) is 3.77. The van der Waals surface area contributed by atoms with Gasteiger partial charge in [0, 0.05) is 29.1 Å². The van der Waals surface area contributed by atoms with Gasteiger partial charge in [0.2, 0.25) is 5.82 Å². The van der Waals surface area contributed by atoms with Crippen LogP contribution in [0.3, 0.4) is 0 Å². The van der Waals surface area contributed by atoms with Crippen molar-refractivity contribution in [3.63, 3.8) is 0 Å². The largest absolute Gasteiger partial charge is 0.508 e. The Bertz CT molecular complexity index is 765. The number of benzene rings is 1. The molecule has 0 bridgehead atoms. The average molecular weight is 267 g/mol. The van der Waals surface area contributed by atoms with Crippen LogP contribution in [0.2, 0.25) is 0 Å². The summed E-state index contributed by atoms with van der Waals surface area (Å²) in [5.41, 5.74) is 3.30. The number of nitrogens with zero attached hydrogens (tertiary/aromatic N) is 3. The predicted molar refractivity (Wildman–Crippen MR) is 74.1 cm³/mol. The van der Waals surface area contributed by atoms with E-state index in [2.05, 4.69) is 15.1 Å². The summed E-state index contributed by atoms with van der Waals surface area (Å²) in [6.07, 6.45) is 3.43. The van der Waals surface area contributed by atoms with Crippen molar-refractivity contribution in [1.29, 1.82) is 0 Å². The maximum atomic E-state index is 9.73. The first-order valence-corrected chi connectivity index (χ1v) is 6.20. The van der Waals surface area contributed by atoms with E-state index in [9.17, 15) is 5.11 Å². The second-order valence-corrected chi connectivity index (χ2v) is 4.56. The molecule has 2 aromatic heterocycles. The van der Waals surface area contributed by atoms with Crippen molar-refractivity contribution >= 4 is 0 Å². The Balaban J connectivity index is 2.07. The molecule has 0 aliphatic carbocycles. The van der Waals surface area contributed by atoms with E-state index in [1.165, 1.54) is 0 Å². The fraction of sp³-hybridized carbons (Fsp3) is 0.133. The van der Waals surface area contributed by atoms with Crippen molar-refractivity contribution in [2.24, 2.45) is 0 Å². The lowest BCUT2D eigenvalue weighted by molar-refractivity contribution is 0.430. The van der Waals surface area contributed by atoms with Crippen LogP contribution in [0.4, 0.5) is 0 Å². The van der Waals surface area contributed by atoms with Crippen LogP contribution >= 0.6 is 0 Å². The third-order valence-corrected chi connectivity index (χ3v) is 3.24. The van der Waals surface area contributed by atoms with E-state index in [0.717, 1.165) is 16.7 Å². The van der Waals surface area contributed by atoms with Gasteiger partial charge in [0.25, 0.3) is 5.89 Å². The Kier molecular flexibility index (Phi) is 2.95. The van der Waals surface area contributed by atoms with Gasteiger partial charge in [0.1, 0.15) is 5.75 Å². The standard InChI is InChI=1S/C15H13N3O2/c1-9-6-7-16-8-12(9)14-17-15(20-18-14)11-4-3-5-13(19)10(11)2/h3-8,19H,1-2H3. The van der Waals surface area contributed by atoms with Gasteiger partial charge >= 0.3 is 0 Å². The molecule has 0 spiro atoms. The molecule has 5 heteroatoms. The Labute approximate surface area is 115 Å². The summed E-state index contributed by atoms with van der Waals surface area (Å²) in [5, 5.41) is 13.7. The number of phenolic OH excluding ortho intramolecular Hbond substituents is 1. The maximum Gasteiger partial charge on any atom is 0.258 e. The zero-order valence-corrected chi connectivity index (χ0v) is 11.2. The van der Waals surface area contributed by atoms with Crippen molar-refractivity contribution in [2.45, 2.75) is 13.8 Å². The van der Waals surface area contributed by atoms with E-state index in [0.29, 0.717) is 17.3 Å². The predicted octanol–water partition coefficient (Wildman–Crippen LogP) is 3.12. The Morgan fingerprint density at radius 3 is 2.75 bits per heavy atom. The van der Waals surface area contributed by atoms with Crippen molar-refractivity contribution in [2.75, 3.05) is 0 Å². The molecule has 1 N–H and O–H groups in total. The molecule has 0 amide bonds. The third-order valence-electron chi connectivity index (χ3n) is 3.24. The molecule has 0 fully saturated rings. The quantitative estimate of drug-likeness (QED) is 0.772. The maximum absolute atomic E-state index is 9.73. The zero-order valence-electron chi connectivity index (χ0n) is 11.2. The lowest BCUT2D eigenvalue weighted by atomic mass is 10.1. The lowest BCUT2D eigenvalue weighted by Gasteiger charge is -2.02. The molecule has 3 aromatic rings. The summed E-state index contributed by atoms with van der Waals surface area (Å²) in [7, 11) is 0. The molecular weight excluding hydrogens is 254 g/mol. The van der Waals surface area contributed by atoms with Crippen LogP contribution in [-0.4, -0.2) is 20.2 Å². The van der Waals surface area contributed by atoms with Crippen molar-refractivity contribution in [1.82, 2.24) is 15.1 Å². The lowest BCUT2D eigenvalue weighted by Crippen LogP contribution is -1.87. The van der Waals surface area contributed by atoms with E-state index in [1.54, 1.807) is 24.5 Å². The molecule has 0 saturated carbocycles. The number of rotatable bonds is 2. The van der Waals surface area contributed by atoms with Crippen LogP contribution in [0.5, 0.6) is 5.75 Å². The Hall–Kier alpha value is -2.69. The average Bonchev–Trinajstić information content (AvgIpc) is 2.92. The minimum Gasteiger partial charge on any atom is -0.508 e. The van der Waals surface area contributed by atoms with Gasteiger partial charge < -0.3 is 9.63 Å². The highest BCUT2D eigenvalue weighted by Gasteiger charge is 2.15. The first-order valence-electron chi connectivity index (χ1n) is 6.20. The molecule has 100 valence electrons. The van der Waals surface area contributed by atoms with Gasteiger partial charge in [-0.15, -0.1) is 0 Å². The van der Waals surface area contributed by atoms with E-state index < -0.39 is 0 Å². The molecule has 20 heavy (non-hydrogen) atoms. The fourth-order valence-electron chi connectivity index (χ4n) is 2.00. The van der Waals surface area contributed by atoms with E-state index >= 15 is 0 Å². The molecule has 0 aliphatic heterocycles. The fourth-order valence-corrected chi connectivity index (χ4v) is 2.00. The van der Waals surface area contributed by atoms with Crippen LogP contribution in [0.15, 0.2) is 41.2 Å². The first kappa shape index (κ1) is 12.3. The summed E-state index contributed by atoms with van der Waals surface area (Å²) in [6, 6.07) is 7.10. The van der Waals surface area contributed by atoms with Crippen LogP contribution in [0.25, 0.3) is 22.8 Å². The van der Waals surface area contributed by atoms with Crippen LogP contribution < -0.4 is 0 Å². The van der Waals surface area contributed by atoms with Crippen LogP contribution in [0.1, 0.15) is 11.1 Å². The highest BCUT2D eigenvalue weighted by atomic mass is 16.5. The second-order valence-electron chi connectivity index (χ2n) is 4.56. The minimum atomic E-state index is 0.208. The summed E-state index contributed by atoms with van der Waals surface area (Å²) in [4.78, 5) is 8.46. The molecule has 1 aromatic carbocycles. The third kappa shape index (κ3) is 2.03. The van der Waals surface area contributed by atoms with Crippen LogP contribution in [0, 0.1) is 13.8 Å². The highest BCUT2D eigenvalue weighted by Crippen LogP contribution is 2.29. The van der Waals surface area contributed by atoms with Crippen molar-refractivity contribution in [3.8, 4) is 28.6 Å². The Morgan fingerprint density at radius 2 is 1.95 bits per heavy atom. The van der Waals surface area contributed by atoms with Gasteiger partial charge in [0.05, 0.1) is 0 Å². The van der Waals surface area contributed by atoms with E-state index in [-0.39, 0.29) is 5.75 Å². The van der Waals surface area contributed by atoms with Crippen molar-refractivity contribution < 1.29 is 9.63 Å². The van der Waals surface area contributed by atoms with Crippen molar-refractivity contribution in [3.05, 3.63) is 47.8 Å². The van der Waals surface area contributed by atoms with Gasteiger partial charge in [-0.25, -0.2) is 0 Å². The molecule has 2 heterocycles. The summed E-state index contributed by atoms with van der Waals surface area (Å²) < 4.78 is 5.30. The molecule has 0 atom stereocenters. The SMILES string of the molecule is Cc1ccncc1-c1noc(-c2cccc(O)c2C)n1. The van der Waals surface area contributed by atoms with Crippen LogP contribution in [-0.2, 0) is 0 Å². The number of aromatic nitrogens is 3. The van der Waals surface area contributed by atoms with E-state index in [1.807, 2.05) is 26.0 Å². The molecule has 0 aliphatic rings. The van der Waals surface area contributed by atoms with E-state index in [4.69, 9.17) is 4.52 Å². The summed E-state index contributed by atoms with van der Waals surface area (Å²) in [5.74, 6) is 1.09. The summed E-state index contributed by atoms with van der Waals surface area (Å²) >= 11 is 0. The molecule has 0 radical (unpaired) electrons. The van der Waals surface area contributed by atoms with Gasteiger partial charge in [-0.05, 0) is 37.6 Å². The molecule has 5 nitrogen and oxygen atoms in total. The molecular formula is C15H13N3O2. The zero-order chi connectivity index (χ0) is 14.1. The number of aromatic hydroxyl groups is 1. The van der Waals surface area contributed by atoms with Gasteiger partial charge in [-0.3, -0.25) is 4.98 Å². The number of hydrogen-bond donors (Lipinski definition) is 1. The smallest absolute Gasteiger partial charge is 0.258 e. The number of phenols is 1. The van der Waals surface area contributed by atoms with Gasteiger partial charge in [0.15, 0.2) is 0 Å². The normalized spacial score (nSPS) is 10.7. The molecule has 3 rings (SSSR count). The minimum absolute atomic E-state index is 0.208. The number of pyridine rings is 1. The first-order chi connectivity index (χ1) is 9.66. The monoisotopic (exact) mass is 267 g/mol. The number of aryl methyl sites for hydroxylation is 1. The second kappa shape index (κ2) is 4.77. The topological polar surface area (TPSA) is 72.0 Å². The molecule has 0 saturated heterocycles. The number of hydrogen-bond acceptors (Lipinski definition) is 5. The Morgan fingerprint density at radius 1 is 1.10 bits per heavy atom. The highest BCUT2D eigenvalue weighted by molar-refractivity contribution is 5.65. The molecule has 0 unspecified atom stereocenters.